The van der Waals surface area contributed by atoms with Crippen LogP contribution in [0, 0.1) is 6.92 Å². The summed E-state index contributed by atoms with van der Waals surface area (Å²) in [5.74, 6) is 0.439. The minimum absolute atomic E-state index is 0.0277. The van der Waals surface area contributed by atoms with E-state index in [4.69, 9.17) is 0 Å². The number of hydrogen-bond acceptors (Lipinski definition) is 3. The van der Waals surface area contributed by atoms with Crippen LogP contribution in [0.15, 0.2) is 51.8 Å². The van der Waals surface area contributed by atoms with Gasteiger partial charge in [-0.15, -0.1) is 11.8 Å². The Labute approximate surface area is 155 Å². The molecule has 0 aliphatic carbocycles. The van der Waals surface area contributed by atoms with Crippen LogP contribution in [-0.2, 0) is 4.79 Å². The number of carbonyl (C=O) groups excluding carboxylic acids is 1. The van der Waals surface area contributed by atoms with Gasteiger partial charge in [0.15, 0.2) is 0 Å². The Bertz CT molecular complexity index is 712. The lowest BCUT2D eigenvalue weighted by Crippen LogP contribution is -2.18. The molecule has 0 unspecified atom stereocenters. The summed E-state index contributed by atoms with van der Waals surface area (Å²) in [6.45, 7) is 4.32. The van der Waals surface area contributed by atoms with Crippen molar-refractivity contribution in [1.82, 2.24) is 0 Å². The number of carbonyl (C=O) groups is 1. The maximum absolute atomic E-state index is 12.2. The van der Waals surface area contributed by atoms with Crippen molar-refractivity contribution in [2.45, 2.75) is 24.7 Å². The van der Waals surface area contributed by atoms with Gasteiger partial charge in [0, 0.05) is 33.8 Å². The van der Waals surface area contributed by atoms with E-state index >= 15 is 0 Å². The molecule has 5 heteroatoms. The molecule has 1 aliphatic heterocycles. The first kappa shape index (κ1) is 17.4. The average molecular weight is 405 g/mol. The lowest BCUT2D eigenvalue weighted by molar-refractivity contribution is -0.113. The Kier molecular flexibility index (Phi) is 5.85. The van der Waals surface area contributed by atoms with Crippen LogP contribution in [0.25, 0.3) is 0 Å². The summed E-state index contributed by atoms with van der Waals surface area (Å²) in [7, 11) is 0. The van der Waals surface area contributed by atoms with Crippen molar-refractivity contribution in [3.05, 3.63) is 52.5 Å². The summed E-state index contributed by atoms with van der Waals surface area (Å²) in [6, 6.07) is 14.3. The van der Waals surface area contributed by atoms with Crippen LogP contribution in [0.1, 0.15) is 18.4 Å². The zero-order valence-corrected chi connectivity index (χ0v) is 16.1. The fourth-order valence-corrected chi connectivity index (χ4v) is 3.79. The largest absolute Gasteiger partial charge is 0.372 e. The summed E-state index contributed by atoms with van der Waals surface area (Å²) in [5.41, 5.74) is 3.27. The van der Waals surface area contributed by atoms with Crippen LogP contribution in [0.4, 0.5) is 11.4 Å². The number of nitrogens with one attached hydrogen (secondary N) is 1. The fourth-order valence-electron chi connectivity index (χ4n) is 2.83. The Morgan fingerprint density at radius 2 is 1.88 bits per heavy atom. The number of anilines is 2. The molecule has 3 nitrogen and oxygen atoms in total. The maximum Gasteiger partial charge on any atom is 0.234 e. The molecule has 0 bridgehead atoms. The summed E-state index contributed by atoms with van der Waals surface area (Å²) in [5, 5.41) is 3.02. The minimum atomic E-state index is 0.0277. The smallest absolute Gasteiger partial charge is 0.234 e. The lowest BCUT2D eigenvalue weighted by atomic mass is 10.1. The van der Waals surface area contributed by atoms with Gasteiger partial charge in [-0.3, -0.25) is 4.79 Å². The van der Waals surface area contributed by atoms with Crippen molar-refractivity contribution in [3.8, 4) is 0 Å². The number of hydrogen-bond donors (Lipinski definition) is 1. The first-order chi connectivity index (χ1) is 11.6. The zero-order valence-electron chi connectivity index (χ0n) is 13.7. The molecule has 1 aliphatic rings. The molecule has 1 heterocycles. The Morgan fingerprint density at radius 1 is 1.17 bits per heavy atom. The fraction of sp³-hybridized carbons (Fsp3) is 0.316. The first-order valence-electron chi connectivity index (χ1n) is 8.15. The number of halogens is 1. The maximum atomic E-state index is 12.2. The molecule has 126 valence electrons. The van der Waals surface area contributed by atoms with Crippen molar-refractivity contribution in [3.63, 3.8) is 0 Å². The molecule has 3 rings (SSSR count). The predicted molar refractivity (Wildman–Crippen MR) is 106 cm³/mol. The van der Waals surface area contributed by atoms with Gasteiger partial charge in [-0.05, 0) is 67.8 Å². The third-order valence-electron chi connectivity index (χ3n) is 4.14. The monoisotopic (exact) mass is 404 g/mol. The number of amides is 1. The second-order valence-electron chi connectivity index (χ2n) is 5.98. The van der Waals surface area contributed by atoms with Gasteiger partial charge in [-0.1, -0.05) is 15.9 Å². The van der Waals surface area contributed by atoms with Crippen molar-refractivity contribution < 1.29 is 4.79 Å². The Morgan fingerprint density at radius 3 is 2.54 bits per heavy atom. The molecule has 1 amide bonds. The molecule has 0 aromatic heterocycles. The molecule has 0 spiro atoms. The second-order valence-corrected chi connectivity index (χ2v) is 7.95. The normalized spacial score (nSPS) is 14.0. The molecule has 1 N–H and O–H groups in total. The molecule has 0 atom stereocenters. The SMILES string of the molecule is Cc1cc(N2CCCC2)ccc1NC(=O)CSc1ccc(Br)cc1. The molecule has 0 saturated carbocycles. The van der Waals surface area contributed by atoms with Crippen molar-refractivity contribution in [2.75, 3.05) is 29.1 Å². The van der Waals surface area contributed by atoms with Crippen molar-refractivity contribution in [2.24, 2.45) is 0 Å². The zero-order chi connectivity index (χ0) is 16.9. The predicted octanol–water partition coefficient (Wildman–Crippen LogP) is 5.09. The summed E-state index contributed by atoms with van der Waals surface area (Å²) in [4.78, 5) is 15.7. The second kappa shape index (κ2) is 8.08. The highest BCUT2D eigenvalue weighted by atomic mass is 79.9. The van der Waals surface area contributed by atoms with Crippen molar-refractivity contribution in [1.29, 1.82) is 0 Å². The molecule has 2 aromatic rings. The minimum Gasteiger partial charge on any atom is -0.372 e. The van der Waals surface area contributed by atoms with E-state index in [0.717, 1.165) is 33.7 Å². The molecule has 1 saturated heterocycles. The van der Waals surface area contributed by atoms with Crippen LogP contribution < -0.4 is 10.2 Å². The third-order valence-corrected chi connectivity index (χ3v) is 5.68. The first-order valence-corrected chi connectivity index (χ1v) is 9.93. The quantitative estimate of drug-likeness (QED) is 0.704. The Balaban J connectivity index is 1.56. The number of nitrogens with zero attached hydrogens (tertiary/aromatic N) is 1. The standard InChI is InChI=1S/C19H21BrN2OS/c1-14-12-16(22-10-2-3-11-22)6-9-18(14)21-19(23)13-24-17-7-4-15(20)5-8-17/h4-9,12H,2-3,10-11,13H2,1H3,(H,21,23). The molecule has 1 fully saturated rings. The van der Waals surface area contributed by atoms with E-state index in [9.17, 15) is 4.79 Å². The molecule has 0 radical (unpaired) electrons. The summed E-state index contributed by atoms with van der Waals surface area (Å²) < 4.78 is 1.05. The van der Waals surface area contributed by atoms with Crippen molar-refractivity contribution >= 4 is 45.0 Å². The van der Waals surface area contributed by atoms with Gasteiger partial charge in [0.1, 0.15) is 0 Å². The van der Waals surface area contributed by atoms with E-state index in [2.05, 4.69) is 45.2 Å². The third kappa shape index (κ3) is 4.54. The van der Waals surface area contributed by atoms with Crippen LogP contribution in [0.3, 0.4) is 0 Å². The van der Waals surface area contributed by atoms with Gasteiger partial charge in [0.05, 0.1) is 5.75 Å². The molecular formula is C19H21BrN2OS. The van der Waals surface area contributed by atoms with Gasteiger partial charge in [0.25, 0.3) is 0 Å². The highest BCUT2D eigenvalue weighted by Gasteiger charge is 2.13. The van der Waals surface area contributed by atoms with Gasteiger partial charge in [0.2, 0.25) is 5.91 Å². The van der Waals surface area contributed by atoms with Gasteiger partial charge in [-0.2, -0.15) is 0 Å². The van der Waals surface area contributed by atoms with E-state index in [1.165, 1.54) is 18.5 Å². The highest BCUT2D eigenvalue weighted by Crippen LogP contribution is 2.26. The Hall–Kier alpha value is -1.46. The molecule has 2 aromatic carbocycles. The topological polar surface area (TPSA) is 32.3 Å². The number of benzene rings is 2. The van der Waals surface area contributed by atoms with Crippen LogP contribution in [-0.4, -0.2) is 24.7 Å². The van der Waals surface area contributed by atoms with E-state index in [0.29, 0.717) is 5.75 Å². The van der Waals surface area contributed by atoms with Gasteiger partial charge < -0.3 is 10.2 Å². The van der Waals surface area contributed by atoms with Crippen LogP contribution >= 0.6 is 27.7 Å². The average Bonchev–Trinajstić information content (AvgIpc) is 3.11. The van der Waals surface area contributed by atoms with Gasteiger partial charge >= 0.3 is 0 Å². The summed E-state index contributed by atoms with van der Waals surface area (Å²) in [6.07, 6.45) is 2.54. The van der Waals surface area contributed by atoms with E-state index < -0.39 is 0 Å². The highest BCUT2D eigenvalue weighted by molar-refractivity contribution is 9.10. The van der Waals surface area contributed by atoms with Crippen LogP contribution in [0.5, 0.6) is 0 Å². The van der Waals surface area contributed by atoms with Gasteiger partial charge in [-0.25, -0.2) is 0 Å². The number of rotatable bonds is 5. The summed E-state index contributed by atoms with van der Waals surface area (Å²) >= 11 is 4.96. The number of thioether (sulfide) groups is 1. The molecular weight excluding hydrogens is 384 g/mol. The molecule has 24 heavy (non-hydrogen) atoms. The van der Waals surface area contributed by atoms with E-state index in [1.54, 1.807) is 11.8 Å². The number of aryl methyl sites for hydroxylation is 1. The van der Waals surface area contributed by atoms with E-state index in [-0.39, 0.29) is 5.91 Å². The van der Waals surface area contributed by atoms with E-state index in [1.807, 2.05) is 30.3 Å². The lowest BCUT2D eigenvalue weighted by Gasteiger charge is -2.19. The van der Waals surface area contributed by atoms with Crippen LogP contribution in [0.2, 0.25) is 0 Å².